The van der Waals surface area contributed by atoms with Gasteiger partial charge in [0.25, 0.3) is 0 Å². The van der Waals surface area contributed by atoms with E-state index in [0.717, 1.165) is 25.9 Å². The van der Waals surface area contributed by atoms with Crippen molar-refractivity contribution in [1.29, 1.82) is 0 Å². The highest BCUT2D eigenvalue weighted by atomic mass is 16.2. The average Bonchev–Trinajstić information content (AvgIpc) is 2.61. The molecule has 3 heteroatoms. The summed E-state index contributed by atoms with van der Waals surface area (Å²) in [5.41, 5.74) is 0. The number of carbonyl (C=O) groups excluding carboxylic acids is 1. The average molecular weight is 367 g/mol. The summed E-state index contributed by atoms with van der Waals surface area (Å²) >= 11 is 0. The van der Waals surface area contributed by atoms with Gasteiger partial charge < -0.3 is 10.2 Å². The van der Waals surface area contributed by atoms with Crippen LogP contribution < -0.4 is 5.32 Å². The van der Waals surface area contributed by atoms with Gasteiger partial charge in [0.05, 0.1) is 0 Å². The number of piperidine rings is 1. The third-order valence-corrected chi connectivity index (χ3v) is 5.60. The van der Waals surface area contributed by atoms with Gasteiger partial charge in [-0.1, -0.05) is 97.8 Å². The van der Waals surface area contributed by atoms with Crippen LogP contribution >= 0.6 is 0 Å². The van der Waals surface area contributed by atoms with E-state index in [-0.39, 0.29) is 0 Å². The molecule has 0 bridgehead atoms. The lowest BCUT2D eigenvalue weighted by Gasteiger charge is -2.34. The fraction of sp³-hybridized carbons (Fsp3) is 0.957. The van der Waals surface area contributed by atoms with Gasteiger partial charge in [0.1, 0.15) is 0 Å². The van der Waals surface area contributed by atoms with Crippen LogP contribution in [0.25, 0.3) is 0 Å². The lowest BCUT2D eigenvalue weighted by atomic mass is 10.0. The van der Waals surface area contributed by atoms with Crippen LogP contribution in [0.4, 0.5) is 0 Å². The fourth-order valence-electron chi connectivity index (χ4n) is 4.06. The molecule has 1 amide bonds. The Morgan fingerprint density at radius 2 is 1.38 bits per heavy atom. The minimum absolute atomic E-state index is 0.366. The molecule has 3 nitrogen and oxygen atoms in total. The van der Waals surface area contributed by atoms with Crippen LogP contribution in [0.2, 0.25) is 0 Å². The van der Waals surface area contributed by atoms with E-state index in [1.54, 1.807) is 0 Å². The Morgan fingerprint density at radius 3 is 1.88 bits per heavy atom. The second-order valence-corrected chi connectivity index (χ2v) is 8.64. The minimum Gasteiger partial charge on any atom is -0.341 e. The summed E-state index contributed by atoms with van der Waals surface area (Å²) < 4.78 is 0. The van der Waals surface area contributed by atoms with Gasteiger partial charge in [0.15, 0.2) is 0 Å². The third kappa shape index (κ3) is 11.9. The first kappa shape index (κ1) is 23.5. The quantitative estimate of drug-likeness (QED) is 0.336. The second-order valence-electron chi connectivity index (χ2n) is 8.64. The van der Waals surface area contributed by atoms with E-state index >= 15 is 0 Å². The van der Waals surface area contributed by atoms with E-state index in [2.05, 4.69) is 31.0 Å². The highest BCUT2D eigenvalue weighted by molar-refractivity contribution is 5.77. The Labute approximate surface area is 163 Å². The summed E-state index contributed by atoms with van der Waals surface area (Å²) in [6, 6.07) is 1.00. The van der Waals surface area contributed by atoms with E-state index in [4.69, 9.17) is 0 Å². The van der Waals surface area contributed by atoms with E-state index in [9.17, 15) is 4.79 Å². The Bertz CT molecular complexity index is 343. The number of nitrogens with one attached hydrogen (secondary N) is 1. The van der Waals surface area contributed by atoms with Gasteiger partial charge >= 0.3 is 0 Å². The fourth-order valence-corrected chi connectivity index (χ4v) is 4.06. The highest BCUT2D eigenvalue weighted by Gasteiger charge is 2.25. The first-order valence-corrected chi connectivity index (χ1v) is 11.7. The van der Waals surface area contributed by atoms with E-state index < -0.39 is 0 Å². The highest BCUT2D eigenvalue weighted by Crippen LogP contribution is 2.15. The predicted molar refractivity (Wildman–Crippen MR) is 114 cm³/mol. The standard InChI is InChI=1S/C23H46N2O/c1-4-5-6-7-8-9-10-11-12-13-14-15-16-19-25-20-22(24-21(2)3)17-18-23(25)26/h21-22,24H,4-20H2,1-3H3/t22-/m1/s1. The van der Waals surface area contributed by atoms with E-state index in [1.165, 1.54) is 83.5 Å². The van der Waals surface area contributed by atoms with Crippen LogP contribution in [0.1, 0.15) is 117 Å². The van der Waals surface area contributed by atoms with Gasteiger partial charge in [-0.2, -0.15) is 0 Å². The summed E-state index contributed by atoms with van der Waals surface area (Å²) in [5.74, 6) is 0.366. The zero-order chi connectivity index (χ0) is 19.0. The van der Waals surface area contributed by atoms with Crippen molar-refractivity contribution in [3.63, 3.8) is 0 Å². The van der Waals surface area contributed by atoms with Crippen LogP contribution in [0, 0.1) is 0 Å². The minimum atomic E-state index is 0.366. The molecule has 154 valence electrons. The predicted octanol–water partition coefficient (Wildman–Crippen LogP) is 6.07. The molecule has 26 heavy (non-hydrogen) atoms. The van der Waals surface area contributed by atoms with Crippen molar-refractivity contribution in [2.45, 2.75) is 129 Å². The maximum atomic E-state index is 12.1. The molecule has 0 spiro atoms. The third-order valence-electron chi connectivity index (χ3n) is 5.60. The second kappa shape index (κ2) is 15.5. The normalized spacial score (nSPS) is 18.1. The van der Waals surface area contributed by atoms with Gasteiger partial charge in [0.2, 0.25) is 5.91 Å². The lowest BCUT2D eigenvalue weighted by molar-refractivity contribution is -0.134. The van der Waals surface area contributed by atoms with Crippen molar-refractivity contribution in [2.75, 3.05) is 13.1 Å². The largest absolute Gasteiger partial charge is 0.341 e. The molecule has 1 aliphatic heterocycles. The monoisotopic (exact) mass is 366 g/mol. The molecule has 1 atom stereocenters. The van der Waals surface area contributed by atoms with E-state index in [0.29, 0.717) is 18.0 Å². The first-order valence-electron chi connectivity index (χ1n) is 11.7. The Kier molecular flexibility index (Phi) is 14.0. The number of likely N-dealkylation sites (tertiary alicyclic amines) is 1. The number of carbonyl (C=O) groups is 1. The topological polar surface area (TPSA) is 32.3 Å². The number of amides is 1. The molecule has 1 N–H and O–H groups in total. The molecular formula is C23H46N2O. The summed E-state index contributed by atoms with van der Waals surface area (Å²) in [6.45, 7) is 8.54. The van der Waals surface area contributed by atoms with Gasteiger partial charge in [-0.25, -0.2) is 0 Å². The molecule has 1 saturated heterocycles. The lowest BCUT2D eigenvalue weighted by Crippen LogP contribution is -2.50. The van der Waals surface area contributed by atoms with Crippen molar-refractivity contribution >= 4 is 5.91 Å². The zero-order valence-electron chi connectivity index (χ0n) is 18.0. The van der Waals surface area contributed by atoms with Crippen molar-refractivity contribution in [3.8, 4) is 0 Å². The molecule has 0 radical (unpaired) electrons. The molecule has 0 unspecified atom stereocenters. The molecule has 0 aliphatic carbocycles. The van der Waals surface area contributed by atoms with Crippen LogP contribution in [-0.4, -0.2) is 36.0 Å². The Balaban J connectivity index is 1.91. The van der Waals surface area contributed by atoms with Crippen LogP contribution in [-0.2, 0) is 4.79 Å². The maximum absolute atomic E-state index is 12.1. The molecule has 1 fully saturated rings. The summed E-state index contributed by atoms with van der Waals surface area (Å²) in [6.07, 6.45) is 19.7. The molecule has 0 aromatic heterocycles. The first-order chi connectivity index (χ1) is 12.6. The SMILES string of the molecule is CCCCCCCCCCCCCCCN1C[C@H](NC(C)C)CCC1=O. The zero-order valence-corrected chi connectivity index (χ0v) is 18.0. The van der Waals surface area contributed by atoms with Crippen LogP contribution in [0.5, 0.6) is 0 Å². The number of hydrogen-bond donors (Lipinski definition) is 1. The van der Waals surface area contributed by atoms with E-state index in [1.807, 2.05) is 0 Å². The molecule has 1 heterocycles. The molecule has 0 saturated carbocycles. The molecule has 1 aliphatic rings. The molecule has 0 aromatic carbocycles. The van der Waals surface area contributed by atoms with Crippen molar-refractivity contribution in [3.05, 3.63) is 0 Å². The van der Waals surface area contributed by atoms with Crippen molar-refractivity contribution in [2.24, 2.45) is 0 Å². The smallest absolute Gasteiger partial charge is 0.222 e. The number of hydrogen-bond acceptors (Lipinski definition) is 2. The summed E-state index contributed by atoms with van der Waals surface area (Å²) in [4.78, 5) is 14.2. The van der Waals surface area contributed by atoms with Crippen LogP contribution in [0.15, 0.2) is 0 Å². The maximum Gasteiger partial charge on any atom is 0.222 e. The Morgan fingerprint density at radius 1 is 0.885 bits per heavy atom. The van der Waals surface area contributed by atoms with Gasteiger partial charge in [-0.15, -0.1) is 0 Å². The van der Waals surface area contributed by atoms with Crippen molar-refractivity contribution in [1.82, 2.24) is 10.2 Å². The number of nitrogens with zero attached hydrogens (tertiary/aromatic N) is 1. The van der Waals surface area contributed by atoms with Crippen molar-refractivity contribution < 1.29 is 4.79 Å². The molecule has 0 aromatic rings. The van der Waals surface area contributed by atoms with Gasteiger partial charge in [-0.3, -0.25) is 4.79 Å². The van der Waals surface area contributed by atoms with Gasteiger partial charge in [-0.05, 0) is 12.8 Å². The number of rotatable bonds is 16. The molecular weight excluding hydrogens is 320 g/mol. The number of unbranched alkanes of at least 4 members (excludes halogenated alkanes) is 12. The summed E-state index contributed by atoms with van der Waals surface area (Å²) in [5, 5.41) is 3.59. The van der Waals surface area contributed by atoms with Gasteiger partial charge in [0, 0.05) is 31.6 Å². The molecule has 1 rings (SSSR count). The van der Waals surface area contributed by atoms with Crippen LogP contribution in [0.3, 0.4) is 0 Å². The Hall–Kier alpha value is -0.570. The summed E-state index contributed by atoms with van der Waals surface area (Å²) in [7, 11) is 0.